The quantitative estimate of drug-likeness (QED) is 0.632. The first-order chi connectivity index (χ1) is 13.4. The molecule has 2 N–H and O–H groups in total. The van der Waals surface area contributed by atoms with Crippen molar-refractivity contribution in [1.82, 2.24) is 5.32 Å². The molecule has 9 heteroatoms. The molecule has 0 aliphatic heterocycles. The normalized spacial score (nSPS) is 11.6. The topological polar surface area (TPSA) is 94.1 Å². The first kappa shape index (κ1) is 21.1. The maximum absolute atomic E-state index is 12.3. The third-order valence-corrected chi connectivity index (χ3v) is 3.62. The number of hydrogen-bond acceptors (Lipinski definition) is 6. The number of nitrogens with one attached hydrogen (secondary N) is 1. The van der Waals surface area contributed by atoms with Crippen molar-refractivity contribution in [2.75, 3.05) is 13.7 Å². The van der Waals surface area contributed by atoms with E-state index < -0.39 is 31.2 Å². The number of carbonyl (C=O) groups excluding carboxylic acids is 2. The molecule has 2 rings (SSSR count). The Morgan fingerprint density at radius 1 is 1.11 bits per heavy atom. The number of benzene rings is 2. The molecule has 2 aromatic carbocycles. The van der Waals surface area contributed by atoms with Crippen LogP contribution in [0.15, 0.2) is 48.5 Å². The van der Waals surface area contributed by atoms with E-state index in [1.54, 1.807) is 30.3 Å². The number of ether oxygens (including phenoxy) is 3. The fourth-order valence-corrected chi connectivity index (χ4v) is 2.25. The molecule has 0 aromatic heterocycles. The molecule has 7 nitrogen and oxygen atoms in total. The van der Waals surface area contributed by atoms with Crippen LogP contribution in [0.5, 0.6) is 11.5 Å². The smallest absolute Gasteiger partial charge is 0.387 e. The van der Waals surface area contributed by atoms with Gasteiger partial charge in [-0.05, 0) is 23.3 Å². The Morgan fingerprint density at radius 3 is 2.46 bits per heavy atom. The first-order valence-corrected chi connectivity index (χ1v) is 8.18. The van der Waals surface area contributed by atoms with E-state index in [4.69, 9.17) is 9.47 Å². The van der Waals surface area contributed by atoms with Gasteiger partial charge >= 0.3 is 12.6 Å². The Labute approximate surface area is 159 Å². The fraction of sp³-hybridized carbons (Fsp3) is 0.263. The van der Waals surface area contributed by atoms with Gasteiger partial charge in [-0.15, -0.1) is 0 Å². The molecule has 2 aromatic rings. The molecule has 0 unspecified atom stereocenters. The van der Waals surface area contributed by atoms with Crippen molar-refractivity contribution in [2.45, 2.75) is 19.3 Å². The summed E-state index contributed by atoms with van der Waals surface area (Å²) < 4.78 is 38.7. The third kappa shape index (κ3) is 6.20. The molecule has 0 saturated heterocycles. The van der Waals surface area contributed by atoms with E-state index in [1.165, 1.54) is 25.3 Å². The van der Waals surface area contributed by atoms with Gasteiger partial charge in [-0.2, -0.15) is 8.78 Å². The summed E-state index contributed by atoms with van der Waals surface area (Å²) in [6.45, 7) is -3.52. The first-order valence-electron chi connectivity index (χ1n) is 8.18. The Bertz CT molecular complexity index is 800. The maximum atomic E-state index is 12.3. The lowest BCUT2D eigenvalue weighted by Crippen LogP contribution is -2.29. The van der Waals surface area contributed by atoms with Crippen LogP contribution in [0.2, 0.25) is 0 Å². The summed E-state index contributed by atoms with van der Waals surface area (Å²) in [6, 6.07) is 12.4. The monoisotopic (exact) mass is 395 g/mol. The Kier molecular flexibility index (Phi) is 7.70. The molecule has 0 spiro atoms. The molecule has 0 aliphatic rings. The van der Waals surface area contributed by atoms with Crippen molar-refractivity contribution in [1.29, 1.82) is 0 Å². The molecule has 0 saturated carbocycles. The van der Waals surface area contributed by atoms with Gasteiger partial charge < -0.3 is 24.6 Å². The van der Waals surface area contributed by atoms with Gasteiger partial charge in [0.2, 0.25) is 0 Å². The van der Waals surface area contributed by atoms with Crippen LogP contribution >= 0.6 is 0 Å². The highest BCUT2D eigenvalue weighted by atomic mass is 19.3. The zero-order valence-electron chi connectivity index (χ0n) is 14.9. The number of esters is 1. The Morgan fingerprint density at radius 2 is 1.82 bits per heavy atom. The van der Waals surface area contributed by atoms with Crippen LogP contribution in [0.3, 0.4) is 0 Å². The standard InChI is InChI=1S/C19H19F2NO6/c1-26-15-9-12(7-8-14(15)28-19(20)21)10-22-16(23)11-27-18(25)17(24)13-5-3-2-4-6-13/h2-9,17,19,24H,10-11H2,1H3,(H,22,23)/t17-/m0/s1. The number of aliphatic hydroxyl groups is 1. The van der Waals surface area contributed by atoms with Crippen molar-refractivity contribution < 1.29 is 37.7 Å². The Balaban J connectivity index is 1.83. The van der Waals surface area contributed by atoms with E-state index in [9.17, 15) is 23.5 Å². The highest BCUT2D eigenvalue weighted by Crippen LogP contribution is 2.29. The number of methoxy groups -OCH3 is 1. The van der Waals surface area contributed by atoms with Crippen LogP contribution in [0.25, 0.3) is 0 Å². The molecular weight excluding hydrogens is 376 g/mol. The minimum Gasteiger partial charge on any atom is -0.493 e. The predicted molar refractivity (Wildman–Crippen MR) is 93.8 cm³/mol. The van der Waals surface area contributed by atoms with Gasteiger partial charge in [0.25, 0.3) is 5.91 Å². The number of hydrogen-bond donors (Lipinski definition) is 2. The molecule has 0 aliphatic carbocycles. The second kappa shape index (κ2) is 10.2. The Hall–Kier alpha value is -3.20. The van der Waals surface area contributed by atoms with Crippen molar-refractivity contribution >= 4 is 11.9 Å². The average molecular weight is 395 g/mol. The van der Waals surface area contributed by atoms with Gasteiger partial charge in [-0.25, -0.2) is 4.79 Å². The highest BCUT2D eigenvalue weighted by Gasteiger charge is 2.19. The van der Waals surface area contributed by atoms with Crippen LogP contribution in [-0.2, 0) is 20.9 Å². The van der Waals surface area contributed by atoms with E-state index in [1.807, 2.05) is 0 Å². The molecule has 1 amide bonds. The summed E-state index contributed by atoms with van der Waals surface area (Å²) in [7, 11) is 1.30. The van der Waals surface area contributed by atoms with Crippen LogP contribution in [0, 0.1) is 0 Å². The molecular formula is C19H19F2NO6. The second-order valence-corrected chi connectivity index (χ2v) is 5.56. The van der Waals surface area contributed by atoms with E-state index in [-0.39, 0.29) is 18.0 Å². The number of aliphatic hydroxyl groups excluding tert-OH is 1. The van der Waals surface area contributed by atoms with Crippen LogP contribution in [0.4, 0.5) is 8.78 Å². The van der Waals surface area contributed by atoms with Gasteiger partial charge in [0.15, 0.2) is 24.2 Å². The summed E-state index contributed by atoms with van der Waals surface area (Å²) >= 11 is 0. The van der Waals surface area contributed by atoms with Crippen LogP contribution < -0.4 is 14.8 Å². The van der Waals surface area contributed by atoms with E-state index in [0.717, 1.165) is 0 Å². The molecule has 0 radical (unpaired) electrons. The zero-order valence-corrected chi connectivity index (χ0v) is 14.9. The number of carbonyl (C=O) groups is 2. The van der Waals surface area contributed by atoms with Gasteiger partial charge in [0, 0.05) is 6.54 Å². The van der Waals surface area contributed by atoms with Crippen molar-refractivity contribution in [3.63, 3.8) is 0 Å². The largest absolute Gasteiger partial charge is 0.493 e. The molecule has 28 heavy (non-hydrogen) atoms. The van der Waals surface area contributed by atoms with E-state index >= 15 is 0 Å². The zero-order chi connectivity index (χ0) is 20.5. The second-order valence-electron chi connectivity index (χ2n) is 5.56. The summed E-state index contributed by atoms with van der Waals surface area (Å²) in [5, 5.41) is 12.4. The summed E-state index contributed by atoms with van der Waals surface area (Å²) in [5.74, 6) is -1.59. The lowest BCUT2D eigenvalue weighted by Gasteiger charge is -2.13. The van der Waals surface area contributed by atoms with Gasteiger partial charge in [0.1, 0.15) is 0 Å². The third-order valence-electron chi connectivity index (χ3n) is 3.62. The minimum absolute atomic E-state index is 0.0446. The van der Waals surface area contributed by atoms with Crippen molar-refractivity contribution in [3.05, 3.63) is 59.7 Å². The van der Waals surface area contributed by atoms with Gasteiger partial charge in [-0.3, -0.25) is 4.79 Å². The molecule has 0 bridgehead atoms. The average Bonchev–Trinajstić information content (AvgIpc) is 2.70. The molecule has 150 valence electrons. The number of alkyl halides is 2. The number of rotatable bonds is 9. The van der Waals surface area contributed by atoms with E-state index in [2.05, 4.69) is 10.1 Å². The fourth-order valence-electron chi connectivity index (χ4n) is 2.25. The van der Waals surface area contributed by atoms with Gasteiger partial charge in [0.05, 0.1) is 7.11 Å². The summed E-state index contributed by atoms with van der Waals surface area (Å²) in [4.78, 5) is 23.6. The summed E-state index contributed by atoms with van der Waals surface area (Å²) in [5.41, 5.74) is 0.911. The lowest BCUT2D eigenvalue weighted by molar-refractivity contribution is -0.157. The van der Waals surface area contributed by atoms with Crippen LogP contribution in [0.1, 0.15) is 17.2 Å². The van der Waals surface area contributed by atoms with Crippen LogP contribution in [-0.4, -0.2) is 37.3 Å². The number of halogens is 2. The summed E-state index contributed by atoms with van der Waals surface area (Å²) in [6.07, 6.45) is -1.49. The SMILES string of the molecule is COc1cc(CNC(=O)COC(=O)[C@@H](O)c2ccccc2)ccc1OC(F)F. The molecule has 1 atom stereocenters. The van der Waals surface area contributed by atoms with Gasteiger partial charge in [-0.1, -0.05) is 36.4 Å². The molecule has 0 fully saturated rings. The van der Waals surface area contributed by atoms with Crippen molar-refractivity contribution in [3.8, 4) is 11.5 Å². The molecule has 0 heterocycles. The lowest BCUT2D eigenvalue weighted by atomic mass is 10.1. The predicted octanol–water partition coefficient (Wildman–Crippen LogP) is 2.19. The minimum atomic E-state index is -2.99. The van der Waals surface area contributed by atoms with Crippen molar-refractivity contribution in [2.24, 2.45) is 0 Å². The highest BCUT2D eigenvalue weighted by molar-refractivity contribution is 5.82. The maximum Gasteiger partial charge on any atom is 0.387 e. The van der Waals surface area contributed by atoms with E-state index in [0.29, 0.717) is 11.1 Å². The number of amides is 1.